The van der Waals surface area contributed by atoms with E-state index in [0.29, 0.717) is 0 Å². The van der Waals surface area contributed by atoms with Crippen molar-refractivity contribution in [3.05, 3.63) is 66.4 Å². The number of hydrogen-bond donors (Lipinski definition) is 3. The average Bonchev–Trinajstić information content (AvgIpc) is 2.71. The van der Waals surface area contributed by atoms with E-state index in [-0.39, 0.29) is 17.1 Å². The third kappa shape index (κ3) is 3.94. The number of ether oxygens (including phenoxy) is 1. The molecule has 31 heavy (non-hydrogen) atoms. The molecule has 3 N–H and O–H groups in total. The number of phenolic OH excluding ortho intramolecular Hbond substituents is 1. The molecular formula is C25H26N2O4. The second-order valence-corrected chi connectivity index (χ2v) is 8.68. The molecule has 4 rings (SSSR count). The fourth-order valence-corrected chi connectivity index (χ4v) is 3.86. The first-order valence-electron chi connectivity index (χ1n) is 10.1. The van der Waals surface area contributed by atoms with Crippen LogP contribution in [-0.2, 0) is 10.2 Å². The van der Waals surface area contributed by atoms with E-state index in [2.05, 4.69) is 26.1 Å². The fourth-order valence-electron chi connectivity index (χ4n) is 3.86. The minimum Gasteiger partial charge on any atom is -0.508 e. The maximum Gasteiger partial charge on any atom is 0.248 e. The second kappa shape index (κ2) is 7.63. The van der Waals surface area contributed by atoms with Gasteiger partial charge >= 0.3 is 0 Å². The number of benzene rings is 3. The first-order chi connectivity index (χ1) is 14.7. The summed E-state index contributed by atoms with van der Waals surface area (Å²) in [5, 5.41) is 24.6. The van der Waals surface area contributed by atoms with Gasteiger partial charge in [-0.3, -0.25) is 4.79 Å². The monoisotopic (exact) mass is 418 g/mol. The molecule has 0 fully saturated rings. The Balaban J connectivity index is 1.95. The minimum absolute atomic E-state index is 0.225. The summed E-state index contributed by atoms with van der Waals surface area (Å²) in [6.45, 7) is 6.31. The van der Waals surface area contributed by atoms with Crippen molar-refractivity contribution in [2.75, 3.05) is 12.0 Å². The molecule has 160 valence electrons. The SMILES string of the molecule is COc1c(-c2ccc3cc(O)ccc3c2)cc(N2C=CC(=O)NC2O)cc1C(C)(C)C. The van der Waals surface area contributed by atoms with Gasteiger partial charge in [0.2, 0.25) is 12.3 Å². The normalized spacial score (nSPS) is 16.5. The van der Waals surface area contributed by atoms with E-state index in [1.807, 2.05) is 36.4 Å². The third-order valence-electron chi connectivity index (χ3n) is 5.44. The zero-order valence-corrected chi connectivity index (χ0v) is 18.0. The first kappa shape index (κ1) is 20.8. The quantitative estimate of drug-likeness (QED) is 0.593. The largest absolute Gasteiger partial charge is 0.508 e. The second-order valence-electron chi connectivity index (χ2n) is 8.68. The molecule has 1 amide bonds. The molecular weight excluding hydrogens is 392 g/mol. The predicted molar refractivity (Wildman–Crippen MR) is 122 cm³/mol. The number of phenols is 1. The van der Waals surface area contributed by atoms with Gasteiger partial charge in [-0.1, -0.05) is 39.0 Å². The van der Waals surface area contributed by atoms with E-state index in [1.165, 1.54) is 6.08 Å². The number of aromatic hydroxyl groups is 1. The van der Waals surface area contributed by atoms with Crippen LogP contribution in [0.1, 0.15) is 26.3 Å². The number of aliphatic hydroxyl groups is 1. The lowest BCUT2D eigenvalue weighted by atomic mass is 9.83. The molecule has 6 nitrogen and oxygen atoms in total. The highest BCUT2D eigenvalue weighted by Crippen LogP contribution is 2.43. The van der Waals surface area contributed by atoms with Crippen molar-refractivity contribution in [1.29, 1.82) is 0 Å². The Kier molecular flexibility index (Phi) is 5.11. The molecule has 0 spiro atoms. The van der Waals surface area contributed by atoms with Crippen molar-refractivity contribution in [3.8, 4) is 22.6 Å². The number of nitrogens with one attached hydrogen (secondary N) is 1. The molecule has 1 unspecified atom stereocenters. The zero-order valence-electron chi connectivity index (χ0n) is 18.0. The average molecular weight is 418 g/mol. The number of carbonyl (C=O) groups excluding carboxylic acids is 1. The molecule has 1 aliphatic rings. The number of carbonyl (C=O) groups is 1. The van der Waals surface area contributed by atoms with Gasteiger partial charge < -0.3 is 25.2 Å². The fraction of sp³-hybridized carbons (Fsp3) is 0.240. The number of hydrogen-bond acceptors (Lipinski definition) is 5. The maximum atomic E-state index is 11.6. The Morgan fingerprint density at radius 3 is 2.42 bits per heavy atom. The van der Waals surface area contributed by atoms with Crippen LogP contribution in [0.4, 0.5) is 5.69 Å². The van der Waals surface area contributed by atoms with Crippen molar-refractivity contribution in [1.82, 2.24) is 5.32 Å². The van der Waals surface area contributed by atoms with Crippen molar-refractivity contribution in [3.63, 3.8) is 0 Å². The standard InChI is InChI=1S/C25H26N2O4/c1-25(2,3)21-14-18(27-10-9-22(29)26-24(27)30)13-20(23(21)31-4)17-6-5-16-12-19(28)8-7-15(16)11-17/h5-14,24,28,30H,1-4H3,(H,26,29). The van der Waals surface area contributed by atoms with Crippen LogP contribution in [0.3, 0.4) is 0 Å². The number of amides is 1. The summed E-state index contributed by atoms with van der Waals surface area (Å²) in [4.78, 5) is 13.2. The molecule has 3 aromatic rings. The van der Waals surface area contributed by atoms with Gasteiger partial charge in [0.1, 0.15) is 11.5 Å². The summed E-state index contributed by atoms with van der Waals surface area (Å²) >= 11 is 0. The lowest BCUT2D eigenvalue weighted by molar-refractivity contribution is -0.119. The summed E-state index contributed by atoms with van der Waals surface area (Å²) in [5.41, 5.74) is 3.30. The Hall–Kier alpha value is -3.51. The number of nitrogens with zero attached hydrogens (tertiary/aromatic N) is 1. The molecule has 0 radical (unpaired) electrons. The first-order valence-corrected chi connectivity index (χ1v) is 10.1. The minimum atomic E-state index is -1.16. The van der Waals surface area contributed by atoms with Gasteiger partial charge in [-0.05, 0) is 52.1 Å². The molecule has 1 aliphatic heterocycles. The van der Waals surface area contributed by atoms with Gasteiger partial charge in [0, 0.05) is 29.1 Å². The van der Waals surface area contributed by atoms with E-state index in [0.717, 1.165) is 38.9 Å². The van der Waals surface area contributed by atoms with Gasteiger partial charge in [-0.25, -0.2) is 0 Å². The van der Waals surface area contributed by atoms with Crippen LogP contribution in [-0.4, -0.2) is 29.6 Å². The van der Waals surface area contributed by atoms with Crippen molar-refractivity contribution in [2.24, 2.45) is 0 Å². The van der Waals surface area contributed by atoms with Gasteiger partial charge in [-0.15, -0.1) is 0 Å². The Labute approximate surface area is 181 Å². The van der Waals surface area contributed by atoms with Crippen molar-refractivity contribution < 1.29 is 19.7 Å². The van der Waals surface area contributed by atoms with E-state index in [9.17, 15) is 15.0 Å². The zero-order chi connectivity index (χ0) is 22.3. The van der Waals surface area contributed by atoms with Crippen molar-refractivity contribution in [2.45, 2.75) is 32.5 Å². The van der Waals surface area contributed by atoms with Crippen LogP contribution in [0, 0.1) is 0 Å². The molecule has 0 aliphatic carbocycles. The topological polar surface area (TPSA) is 82.0 Å². The molecule has 0 aromatic heterocycles. The number of anilines is 1. The molecule has 0 saturated carbocycles. The van der Waals surface area contributed by atoms with Crippen LogP contribution in [0.2, 0.25) is 0 Å². The molecule has 0 saturated heterocycles. The highest BCUT2D eigenvalue weighted by molar-refractivity contribution is 5.92. The van der Waals surface area contributed by atoms with Gasteiger partial charge in [-0.2, -0.15) is 0 Å². The van der Waals surface area contributed by atoms with E-state index in [1.54, 1.807) is 30.3 Å². The van der Waals surface area contributed by atoms with E-state index >= 15 is 0 Å². The lowest BCUT2D eigenvalue weighted by Gasteiger charge is -2.32. The van der Waals surface area contributed by atoms with Crippen LogP contribution in [0.25, 0.3) is 21.9 Å². The molecule has 3 aromatic carbocycles. The van der Waals surface area contributed by atoms with Crippen LogP contribution >= 0.6 is 0 Å². The van der Waals surface area contributed by atoms with Gasteiger partial charge in [0.25, 0.3) is 0 Å². The summed E-state index contributed by atoms with van der Waals surface area (Å²) in [6.07, 6.45) is 1.80. The summed E-state index contributed by atoms with van der Waals surface area (Å²) in [5.74, 6) is 0.642. The van der Waals surface area contributed by atoms with Crippen LogP contribution < -0.4 is 15.0 Å². The smallest absolute Gasteiger partial charge is 0.248 e. The molecule has 6 heteroatoms. The Morgan fingerprint density at radius 2 is 1.74 bits per heavy atom. The number of aliphatic hydroxyl groups excluding tert-OH is 1. The number of rotatable bonds is 3. The van der Waals surface area contributed by atoms with Gasteiger partial charge in [0.05, 0.1) is 7.11 Å². The van der Waals surface area contributed by atoms with Crippen LogP contribution in [0.15, 0.2) is 60.8 Å². The highest BCUT2D eigenvalue weighted by atomic mass is 16.5. The molecule has 0 bridgehead atoms. The predicted octanol–water partition coefficient (Wildman–Crippen LogP) is 4.24. The van der Waals surface area contributed by atoms with E-state index in [4.69, 9.17) is 4.74 Å². The molecule has 1 atom stereocenters. The summed E-state index contributed by atoms with van der Waals surface area (Å²) < 4.78 is 5.87. The Morgan fingerprint density at radius 1 is 1.03 bits per heavy atom. The van der Waals surface area contributed by atoms with E-state index < -0.39 is 6.35 Å². The summed E-state index contributed by atoms with van der Waals surface area (Å²) in [7, 11) is 1.66. The number of methoxy groups -OCH3 is 1. The van der Waals surface area contributed by atoms with Gasteiger partial charge in [0.15, 0.2) is 0 Å². The lowest BCUT2D eigenvalue weighted by Crippen LogP contribution is -2.48. The maximum absolute atomic E-state index is 11.6. The third-order valence-corrected chi connectivity index (χ3v) is 5.44. The van der Waals surface area contributed by atoms with Crippen LogP contribution in [0.5, 0.6) is 11.5 Å². The highest BCUT2D eigenvalue weighted by Gasteiger charge is 2.27. The summed E-state index contributed by atoms with van der Waals surface area (Å²) in [6, 6.07) is 15.2. The van der Waals surface area contributed by atoms with Crippen molar-refractivity contribution >= 4 is 22.4 Å². The Bertz CT molecular complexity index is 1190. The molecule has 1 heterocycles. The number of fused-ring (bicyclic) bond motifs is 1.